The van der Waals surface area contributed by atoms with Gasteiger partial charge in [-0.2, -0.15) is 0 Å². The van der Waals surface area contributed by atoms with Crippen molar-refractivity contribution in [3.8, 4) is 11.3 Å². The van der Waals surface area contributed by atoms with Gasteiger partial charge in [-0.3, -0.25) is 9.88 Å². The Hall–Kier alpha value is -3.04. The van der Waals surface area contributed by atoms with Crippen LogP contribution in [0.4, 0.5) is 20.3 Å². The number of piperidine rings is 1. The van der Waals surface area contributed by atoms with Crippen molar-refractivity contribution in [1.82, 2.24) is 25.2 Å². The highest BCUT2D eigenvalue weighted by Crippen LogP contribution is 2.42. The first-order valence-corrected chi connectivity index (χ1v) is 16.2. The lowest BCUT2D eigenvalue weighted by Gasteiger charge is -2.37. The molecule has 228 valence electrons. The van der Waals surface area contributed by atoms with Gasteiger partial charge in [0.25, 0.3) is 0 Å². The second-order valence-electron chi connectivity index (χ2n) is 13.0. The summed E-state index contributed by atoms with van der Waals surface area (Å²) in [5, 5.41) is 4.47. The van der Waals surface area contributed by atoms with Crippen LogP contribution in [-0.2, 0) is 12.8 Å². The van der Waals surface area contributed by atoms with Crippen LogP contribution < -0.4 is 16.0 Å². The maximum Gasteiger partial charge on any atom is 0.175 e. The van der Waals surface area contributed by atoms with E-state index in [1.807, 2.05) is 4.90 Å². The summed E-state index contributed by atoms with van der Waals surface area (Å²) in [5.74, 6) is 0.618. The van der Waals surface area contributed by atoms with Crippen molar-refractivity contribution >= 4 is 34.0 Å². The quantitative estimate of drug-likeness (QED) is 0.335. The summed E-state index contributed by atoms with van der Waals surface area (Å²) in [5.41, 5.74) is 9.54. The number of nitrogens with zero attached hydrogens (tertiary/aromatic N) is 5. The molecule has 0 radical (unpaired) electrons. The number of hydrogen-bond acceptors (Lipinski definition) is 7. The van der Waals surface area contributed by atoms with E-state index < -0.39 is 12.0 Å². The Kier molecular flexibility index (Phi) is 7.66. The molecule has 5 aliphatic rings. The summed E-state index contributed by atoms with van der Waals surface area (Å²) >= 11 is 6.70. The van der Waals surface area contributed by atoms with Crippen molar-refractivity contribution in [2.75, 3.05) is 36.8 Å². The Morgan fingerprint density at radius 1 is 1.09 bits per heavy atom. The first-order valence-electron chi connectivity index (χ1n) is 15.8. The van der Waals surface area contributed by atoms with Crippen LogP contribution >= 0.6 is 11.6 Å². The van der Waals surface area contributed by atoms with Crippen molar-refractivity contribution in [3.63, 3.8) is 0 Å². The van der Waals surface area contributed by atoms with Gasteiger partial charge < -0.3 is 16.0 Å². The van der Waals surface area contributed by atoms with Crippen molar-refractivity contribution in [2.45, 2.75) is 88.4 Å². The highest BCUT2D eigenvalue weighted by molar-refractivity contribution is 6.32. The van der Waals surface area contributed by atoms with E-state index in [9.17, 15) is 0 Å². The van der Waals surface area contributed by atoms with Crippen LogP contribution in [0.1, 0.15) is 69.2 Å². The van der Waals surface area contributed by atoms with E-state index in [0.717, 1.165) is 50.0 Å². The minimum atomic E-state index is -1.05. The number of halogens is 3. The first-order chi connectivity index (χ1) is 20.8. The molecule has 3 N–H and O–H groups in total. The van der Waals surface area contributed by atoms with Crippen LogP contribution in [0.15, 0.2) is 30.6 Å². The van der Waals surface area contributed by atoms with Crippen molar-refractivity contribution < 1.29 is 8.78 Å². The zero-order valence-electron chi connectivity index (χ0n) is 24.6. The predicted molar refractivity (Wildman–Crippen MR) is 169 cm³/mol. The monoisotopic (exact) mass is 607 g/mol. The average Bonchev–Trinajstić information content (AvgIpc) is 3.55. The second kappa shape index (κ2) is 11.5. The van der Waals surface area contributed by atoms with E-state index in [2.05, 4.69) is 21.8 Å². The molecule has 2 atom stereocenters. The molecule has 2 unspecified atom stereocenters. The van der Waals surface area contributed by atoms with E-state index in [1.54, 1.807) is 18.3 Å². The predicted octanol–water partition coefficient (Wildman–Crippen LogP) is 6.37. The van der Waals surface area contributed by atoms with Gasteiger partial charge in [0.1, 0.15) is 29.0 Å². The Morgan fingerprint density at radius 2 is 1.88 bits per heavy atom. The maximum atomic E-state index is 16.7. The fourth-order valence-corrected chi connectivity index (χ4v) is 8.37. The van der Waals surface area contributed by atoms with Gasteiger partial charge in [-0.15, -0.1) is 0 Å². The zero-order valence-corrected chi connectivity index (χ0v) is 25.4. The summed E-state index contributed by atoms with van der Waals surface area (Å²) in [6, 6.07) is 3.34. The van der Waals surface area contributed by atoms with E-state index >= 15 is 8.78 Å². The van der Waals surface area contributed by atoms with Crippen LogP contribution in [0.3, 0.4) is 0 Å². The molecule has 1 aromatic carbocycles. The van der Waals surface area contributed by atoms with E-state index in [4.69, 9.17) is 27.3 Å². The zero-order chi connectivity index (χ0) is 29.7. The van der Waals surface area contributed by atoms with Gasteiger partial charge >= 0.3 is 0 Å². The van der Waals surface area contributed by atoms with Crippen LogP contribution in [0.5, 0.6) is 0 Å². The third kappa shape index (κ3) is 5.43. The standard InChI is InChI=1S/C33H40ClF2N7/c1-20-6-2-3-7-24-25(15-22(37)16-27(24)34)30-29(36)31-26(17-38-30)32(42-18-21(35)14-23(19-42)39-20)41-28(40-31)8-11-33-9-4-12-43(33)13-5-10-33/h15-17,21,23,39H,1-14,18-19,37H2. The molecule has 3 aromatic rings. The third-order valence-electron chi connectivity index (χ3n) is 10.1. The molecule has 3 fully saturated rings. The van der Waals surface area contributed by atoms with Gasteiger partial charge in [-0.05, 0) is 88.6 Å². The minimum Gasteiger partial charge on any atom is -0.399 e. The molecular weight excluding hydrogens is 568 g/mol. The van der Waals surface area contributed by atoms with Gasteiger partial charge in [0.2, 0.25) is 0 Å². The Balaban J connectivity index is 1.37. The SMILES string of the molecule is C=C1CCCCc2c(Cl)cc(N)cc2-c2ncc3c(nc(CCC45CCCN4CCC5)nc3c2F)N2CC(F)CC(C2)N1. The van der Waals surface area contributed by atoms with Gasteiger partial charge in [0.05, 0.1) is 11.9 Å². The lowest BCUT2D eigenvalue weighted by Crippen LogP contribution is -2.50. The first kappa shape index (κ1) is 28.7. The normalized spacial score (nSPS) is 24.0. The Morgan fingerprint density at radius 3 is 2.70 bits per heavy atom. The summed E-state index contributed by atoms with van der Waals surface area (Å²) in [4.78, 5) is 19.0. The Labute approximate surface area is 256 Å². The van der Waals surface area contributed by atoms with Crippen molar-refractivity contribution in [3.05, 3.63) is 52.8 Å². The van der Waals surface area contributed by atoms with Gasteiger partial charge in [0.15, 0.2) is 5.82 Å². The van der Waals surface area contributed by atoms with Gasteiger partial charge in [-0.25, -0.2) is 18.7 Å². The molecule has 8 rings (SSSR count). The summed E-state index contributed by atoms with van der Waals surface area (Å²) in [7, 11) is 0. The number of nitrogens with one attached hydrogen (secondary N) is 1. The molecule has 43 heavy (non-hydrogen) atoms. The summed E-state index contributed by atoms with van der Waals surface area (Å²) in [6.07, 6.45) is 10.4. The fourth-order valence-electron chi connectivity index (χ4n) is 8.04. The molecule has 10 heteroatoms. The summed E-state index contributed by atoms with van der Waals surface area (Å²) < 4.78 is 32.0. The number of benzene rings is 1. The van der Waals surface area contributed by atoms with Crippen molar-refractivity contribution in [1.29, 1.82) is 0 Å². The molecule has 2 aromatic heterocycles. The maximum absolute atomic E-state index is 16.7. The summed E-state index contributed by atoms with van der Waals surface area (Å²) in [6.45, 7) is 7.25. The molecule has 0 saturated carbocycles. The molecule has 5 aliphatic heterocycles. The molecule has 7 nitrogen and oxygen atoms in total. The molecule has 0 amide bonds. The molecule has 7 heterocycles. The Bertz CT molecular complexity index is 1550. The van der Waals surface area contributed by atoms with Crippen LogP contribution in [0.2, 0.25) is 5.02 Å². The molecule has 0 aliphatic carbocycles. The number of fused-ring (bicyclic) bond motifs is 7. The number of aryl methyl sites for hydroxylation is 1. The molecule has 6 bridgehead atoms. The van der Waals surface area contributed by atoms with E-state index in [-0.39, 0.29) is 29.3 Å². The fraction of sp³-hybridized carbons (Fsp3) is 0.545. The number of aromatic nitrogens is 3. The number of nitrogen functional groups attached to an aromatic ring is 1. The topological polar surface area (TPSA) is 83.2 Å². The van der Waals surface area contributed by atoms with Crippen LogP contribution in [-0.4, -0.2) is 63.8 Å². The molecular formula is C33H40ClF2N7. The number of nitrogens with two attached hydrogens (primary N) is 1. The lowest BCUT2D eigenvalue weighted by molar-refractivity contribution is 0.181. The highest BCUT2D eigenvalue weighted by Gasteiger charge is 2.43. The third-order valence-corrected chi connectivity index (χ3v) is 10.4. The second-order valence-corrected chi connectivity index (χ2v) is 13.4. The number of hydrogen-bond donors (Lipinski definition) is 2. The number of alkyl halides is 1. The van der Waals surface area contributed by atoms with E-state index in [0.29, 0.717) is 59.1 Å². The van der Waals surface area contributed by atoms with Gasteiger partial charge in [-0.1, -0.05) is 18.2 Å². The van der Waals surface area contributed by atoms with Gasteiger partial charge in [0, 0.05) is 59.1 Å². The number of rotatable bonds is 3. The lowest BCUT2D eigenvalue weighted by atomic mass is 9.88. The number of pyridine rings is 1. The van der Waals surface area contributed by atoms with Crippen LogP contribution in [0.25, 0.3) is 22.2 Å². The van der Waals surface area contributed by atoms with E-state index in [1.165, 1.54) is 25.7 Å². The largest absolute Gasteiger partial charge is 0.399 e. The van der Waals surface area contributed by atoms with Crippen LogP contribution in [0, 0.1) is 5.82 Å². The minimum absolute atomic E-state index is 0.128. The van der Waals surface area contributed by atoms with Crippen molar-refractivity contribution in [2.24, 2.45) is 0 Å². The highest BCUT2D eigenvalue weighted by atomic mass is 35.5. The smallest absolute Gasteiger partial charge is 0.175 e. The number of allylic oxidation sites excluding steroid dienone is 1. The molecule has 3 saturated heterocycles. The number of anilines is 2. The average molecular weight is 608 g/mol. The molecule has 0 spiro atoms.